The molecular weight excluding hydrogens is 447 g/mol. The van der Waals surface area contributed by atoms with E-state index in [-0.39, 0.29) is 22.1 Å². The van der Waals surface area contributed by atoms with E-state index < -0.39 is 38.8 Å². The van der Waals surface area contributed by atoms with Crippen molar-refractivity contribution in [2.75, 3.05) is 17.2 Å². The standard InChI is InChI=1S/C22H26F3NO5S/c1-13(2)6-5-7-26-18-10-19-16(17(22(23,24)25)9-20(27)31-19)8-15(18)14(11-21(26,3)4)12-32(28,29)30/h8-11,13H,5-7,12H2,1-4H3,(H,28,29,30)/p-1. The van der Waals surface area contributed by atoms with Crippen LogP contribution < -0.4 is 10.5 Å². The van der Waals surface area contributed by atoms with Gasteiger partial charge in [0.2, 0.25) is 0 Å². The monoisotopic (exact) mass is 472 g/mol. The predicted octanol–water partition coefficient (Wildman–Crippen LogP) is 4.78. The average molecular weight is 473 g/mol. The van der Waals surface area contributed by atoms with Crippen molar-refractivity contribution in [2.45, 2.75) is 52.3 Å². The Labute approximate surface area is 184 Å². The zero-order valence-electron chi connectivity index (χ0n) is 18.2. The first-order chi connectivity index (χ1) is 14.6. The summed E-state index contributed by atoms with van der Waals surface area (Å²) in [6, 6.07) is 2.87. The van der Waals surface area contributed by atoms with Crippen LogP contribution in [-0.2, 0) is 16.3 Å². The third kappa shape index (κ3) is 5.17. The van der Waals surface area contributed by atoms with Gasteiger partial charge in [-0.05, 0) is 44.2 Å². The van der Waals surface area contributed by atoms with Crippen LogP contribution in [0.3, 0.4) is 0 Å². The minimum absolute atomic E-state index is 0.126. The summed E-state index contributed by atoms with van der Waals surface area (Å²) in [5.74, 6) is -0.407. The number of halogens is 3. The molecule has 0 spiro atoms. The first kappa shape index (κ1) is 24.3. The van der Waals surface area contributed by atoms with E-state index in [1.54, 1.807) is 6.08 Å². The third-order valence-electron chi connectivity index (χ3n) is 5.52. The zero-order valence-corrected chi connectivity index (χ0v) is 19.1. The molecule has 0 unspecified atom stereocenters. The predicted molar refractivity (Wildman–Crippen MR) is 116 cm³/mol. The molecule has 0 saturated heterocycles. The number of alkyl halides is 3. The quantitative estimate of drug-likeness (QED) is 0.444. The second kappa shape index (κ2) is 8.22. The van der Waals surface area contributed by atoms with Crippen molar-refractivity contribution in [2.24, 2.45) is 5.92 Å². The van der Waals surface area contributed by atoms with Crippen molar-refractivity contribution in [3.63, 3.8) is 0 Å². The Morgan fingerprint density at radius 1 is 1.19 bits per heavy atom. The van der Waals surface area contributed by atoms with Crippen molar-refractivity contribution < 1.29 is 30.6 Å². The van der Waals surface area contributed by atoms with Crippen LogP contribution in [0, 0.1) is 5.92 Å². The molecule has 32 heavy (non-hydrogen) atoms. The summed E-state index contributed by atoms with van der Waals surface area (Å²) in [4.78, 5) is 13.8. The van der Waals surface area contributed by atoms with Crippen LogP contribution in [-0.4, -0.2) is 30.8 Å². The molecule has 1 aromatic heterocycles. The van der Waals surface area contributed by atoms with Crippen LogP contribution >= 0.6 is 0 Å². The van der Waals surface area contributed by atoms with Crippen molar-refractivity contribution >= 4 is 32.3 Å². The molecule has 0 N–H and O–H groups in total. The lowest BCUT2D eigenvalue weighted by atomic mass is 9.87. The third-order valence-corrected chi connectivity index (χ3v) is 6.19. The molecule has 0 aliphatic carbocycles. The maximum absolute atomic E-state index is 13.6. The Hall–Kier alpha value is -2.33. The van der Waals surface area contributed by atoms with E-state index in [0.717, 1.165) is 18.9 Å². The number of hydrogen-bond acceptors (Lipinski definition) is 6. The number of nitrogens with zero attached hydrogens (tertiary/aromatic N) is 1. The van der Waals surface area contributed by atoms with Crippen molar-refractivity contribution in [3.8, 4) is 0 Å². The van der Waals surface area contributed by atoms with Gasteiger partial charge in [-0.25, -0.2) is 13.2 Å². The van der Waals surface area contributed by atoms with Gasteiger partial charge in [0.05, 0.1) is 27.0 Å². The van der Waals surface area contributed by atoms with E-state index in [2.05, 4.69) is 13.8 Å². The maximum atomic E-state index is 13.6. The number of benzene rings is 1. The van der Waals surface area contributed by atoms with E-state index in [1.807, 2.05) is 18.7 Å². The van der Waals surface area contributed by atoms with Gasteiger partial charge >= 0.3 is 11.8 Å². The molecule has 0 bridgehead atoms. The molecule has 0 amide bonds. The Kier molecular flexibility index (Phi) is 6.25. The average Bonchev–Trinajstić information content (AvgIpc) is 2.59. The first-order valence-electron chi connectivity index (χ1n) is 10.2. The Bertz CT molecular complexity index is 1230. The highest BCUT2D eigenvalue weighted by Gasteiger charge is 2.37. The fraction of sp³-hybridized carbons (Fsp3) is 0.500. The van der Waals surface area contributed by atoms with Crippen molar-refractivity contribution in [1.82, 2.24) is 0 Å². The largest absolute Gasteiger partial charge is 0.748 e. The van der Waals surface area contributed by atoms with Gasteiger partial charge in [0.1, 0.15) is 5.58 Å². The van der Waals surface area contributed by atoms with E-state index in [4.69, 9.17) is 4.42 Å². The molecule has 176 valence electrons. The minimum Gasteiger partial charge on any atom is -0.748 e. The zero-order chi connectivity index (χ0) is 24.1. The molecule has 0 radical (unpaired) electrons. The number of anilines is 1. The van der Waals surface area contributed by atoms with Gasteiger partial charge in [-0.3, -0.25) is 0 Å². The van der Waals surface area contributed by atoms with Crippen LogP contribution in [0.15, 0.2) is 33.5 Å². The van der Waals surface area contributed by atoms with Gasteiger partial charge in [0.15, 0.2) is 0 Å². The molecule has 6 nitrogen and oxygen atoms in total. The lowest BCUT2D eigenvalue weighted by Crippen LogP contribution is -2.46. The lowest BCUT2D eigenvalue weighted by molar-refractivity contribution is -0.136. The van der Waals surface area contributed by atoms with Crippen LogP contribution in [0.1, 0.15) is 51.7 Å². The highest BCUT2D eigenvalue weighted by molar-refractivity contribution is 7.86. The molecule has 0 atom stereocenters. The Morgan fingerprint density at radius 3 is 2.41 bits per heavy atom. The van der Waals surface area contributed by atoms with E-state index in [1.165, 1.54) is 6.07 Å². The summed E-state index contributed by atoms with van der Waals surface area (Å²) in [7, 11) is -4.69. The van der Waals surface area contributed by atoms with Crippen molar-refractivity contribution in [1.29, 1.82) is 0 Å². The molecule has 2 heterocycles. The van der Waals surface area contributed by atoms with Gasteiger partial charge in [-0.15, -0.1) is 0 Å². The van der Waals surface area contributed by atoms with Gasteiger partial charge < -0.3 is 13.9 Å². The van der Waals surface area contributed by atoms with E-state index in [9.17, 15) is 30.9 Å². The fourth-order valence-corrected chi connectivity index (χ4v) is 4.80. The Balaban J connectivity index is 2.29. The normalized spacial score (nSPS) is 16.4. The minimum atomic E-state index is -4.82. The second-order valence-corrected chi connectivity index (χ2v) is 10.5. The van der Waals surface area contributed by atoms with Crippen LogP contribution in [0.4, 0.5) is 18.9 Å². The van der Waals surface area contributed by atoms with Crippen LogP contribution in [0.25, 0.3) is 16.5 Å². The number of fused-ring (bicyclic) bond motifs is 2. The summed E-state index contributed by atoms with van der Waals surface area (Å²) < 4.78 is 80.4. The molecule has 10 heteroatoms. The molecule has 2 aromatic rings. The highest BCUT2D eigenvalue weighted by atomic mass is 32.2. The molecule has 1 aromatic carbocycles. The number of rotatable bonds is 6. The van der Waals surface area contributed by atoms with E-state index in [0.29, 0.717) is 24.2 Å². The molecule has 0 fully saturated rings. The van der Waals surface area contributed by atoms with Crippen LogP contribution in [0.5, 0.6) is 0 Å². The molecular formula is C22H25F3NO5S-. The molecule has 1 aliphatic rings. The van der Waals surface area contributed by atoms with Gasteiger partial charge in [0.25, 0.3) is 0 Å². The summed E-state index contributed by atoms with van der Waals surface area (Å²) in [5.41, 5.74) is -2.52. The van der Waals surface area contributed by atoms with Crippen LogP contribution in [0.2, 0.25) is 0 Å². The maximum Gasteiger partial charge on any atom is 0.417 e. The second-order valence-electron chi connectivity index (χ2n) is 9.06. The lowest BCUT2D eigenvalue weighted by Gasteiger charge is -2.44. The fourth-order valence-electron chi connectivity index (χ4n) is 4.18. The number of hydrogen-bond donors (Lipinski definition) is 0. The summed E-state index contributed by atoms with van der Waals surface area (Å²) >= 11 is 0. The summed E-state index contributed by atoms with van der Waals surface area (Å²) in [5, 5.41) is -0.369. The summed E-state index contributed by atoms with van der Waals surface area (Å²) in [6.07, 6.45) is -1.51. The molecule has 1 aliphatic heterocycles. The van der Waals surface area contributed by atoms with Gasteiger partial charge in [-0.2, -0.15) is 13.2 Å². The highest BCUT2D eigenvalue weighted by Crippen LogP contribution is 2.44. The SMILES string of the molecule is CC(C)CCCN1c2cc3oc(=O)cc(C(F)(F)F)c3cc2C(CS(=O)(=O)[O-])=CC1(C)C. The molecule has 0 saturated carbocycles. The molecule has 3 rings (SSSR count). The summed E-state index contributed by atoms with van der Waals surface area (Å²) in [6.45, 7) is 8.35. The van der Waals surface area contributed by atoms with Crippen molar-refractivity contribution in [3.05, 3.63) is 45.8 Å². The van der Waals surface area contributed by atoms with Gasteiger partial charge in [0, 0.05) is 35.3 Å². The first-order valence-corrected chi connectivity index (χ1v) is 11.8. The van der Waals surface area contributed by atoms with Gasteiger partial charge in [-0.1, -0.05) is 19.9 Å². The smallest absolute Gasteiger partial charge is 0.417 e. The topological polar surface area (TPSA) is 90.7 Å². The Morgan fingerprint density at radius 2 is 1.84 bits per heavy atom. The van der Waals surface area contributed by atoms with E-state index >= 15 is 0 Å².